The molecule has 0 radical (unpaired) electrons. The van der Waals surface area contributed by atoms with Crippen molar-refractivity contribution in [3.63, 3.8) is 0 Å². The zero-order valence-corrected chi connectivity index (χ0v) is 14.3. The lowest BCUT2D eigenvalue weighted by molar-refractivity contribution is 0.356. The number of aromatic nitrogens is 1. The predicted octanol–water partition coefficient (Wildman–Crippen LogP) is 2.73. The Kier molecular flexibility index (Phi) is 3.96. The first-order valence-electron chi connectivity index (χ1n) is 7.09. The van der Waals surface area contributed by atoms with Crippen LogP contribution < -0.4 is 9.46 Å². The highest BCUT2D eigenvalue weighted by molar-refractivity contribution is 7.89. The molecular formula is C15H18N2O3S2. The molecule has 0 bridgehead atoms. The van der Waals surface area contributed by atoms with E-state index in [1.165, 1.54) is 11.3 Å². The summed E-state index contributed by atoms with van der Waals surface area (Å²) in [5.74, 6) is 0.779. The minimum absolute atomic E-state index is 0.280. The van der Waals surface area contributed by atoms with Crippen LogP contribution >= 0.6 is 11.3 Å². The quantitative estimate of drug-likeness (QED) is 0.931. The lowest BCUT2D eigenvalue weighted by atomic mass is 10.2. The monoisotopic (exact) mass is 338 g/mol. The lowest BCUT2D eigenvalue weighted by Crippen LogP contribution is -2.26. The first-order chi connectivity index (χ1) is 10.4. The SMILES string of the molecule is Cc1nc(C)c([C@H](C)NS(=O)(=O)c2ccc3c(c2)CCO3)s1. The van der Waals surface area contributed by atoms with Gasteiger partial charge in [0.05, 0.1) is 28.2 Å². The molecule has 1 aliphatic heterocycles. The smallest absolute Gasteiger partial charge is 0.241 e. The first-order valence-corrected chi connectivity index (χ1v) is 9.39. The summed E-state index contributed by atoms with van der Waals surface area (Å²) in [6.45, 7) is 6.27. The minimum Gasteiger partial charge on any atom is -0.493 e. The Bertz CT molecular complexity index is 812. The highest BCUT2D eigenvalue weighted by Crippen LogP contribution is 2.29. The van der Waals surface area contributed by atoms with Gasteiger partial charge in [-0.25, -0.2) is 18.1 Å². The summed E-state index contributed by atoms with van der Waals surface area (Å²) in [6, 6.07) is 4.70. The molecule has 5 nitrogen and oxygen atoms in total. The molecule has 0 spiro atoms. The van der Waals surface area contributed by atoms with Crippen LogP contribution in [0.4, 0.5) is 0 Å². The first kappa shape index (κ1) is 15.5. The molecule has 7 heteroatoms. The summed E-state index contributed by atoms with van der Waals surface area (Å²) in [7, 11) is -3.56. The molecule has 1 aromatic carbocycles. The van der Waals surface area contributed by atoms with Crippen molar-refractivity contribution in [2.24, 2.45) is 0 Å². The van der Waals surface area contributed by atoms with Crippen LogP contribution in [0.5, 0.6) is 5.75 Å². The fourth-order valence-electron chi connectivity index (χ4n) is 2.63. The Morgan fingerprint density at radius 3 is 2.82 bits per heavy atom. The van der Waals surface area contributed by atoms with E-state index in [0.29, 0.717) is 6.61 Å². The Morgan fingerprint density at radius 1 is 1.36 bits per heavy atom. The van der Waals surface area contributed by atoms with E-state index < -0.39 is 10.0 Å². The highest BCUT2D eigenvalue weighted by atomic mass is 32.2. The van der Waals surface area contributed by atoms with Crippen molar-refractivity contribution in [1.29, 1.82) is 0 Å². The highest BCUT2D eigenvalue weighted by Gasteiger charge is 2.23. The van der Waals surface area contributed by atoms with Gasteiger partial charge in [-0.1, -0.05) is 0 Å². The average Bonchev–Trinajstić information content (AvgIpc) is 3.03. The van der Waals surface area contributed by atoms with Crippen LogP contribution in [0.15, 0.2) is 23.1 Å². The second kappa shape index (κ2) is 5.64. The van der Waals surface area contributed by atoms with E-state index in [1.54, 1.807) is 18.2 Å². The Hall–Kier alpha value is -1.44. The van der Waals surface area contributed by atoms with Gasteiger partial charge < -0.3 is 4.74 Å². The van der Waals surface area contributed by atoms with Crippen LogP contribution in [-0.2, 0) is 16.4 Å². The van der Waals surface area contributed by atoms with Crippen molar-refractivity contribution in [2.45, 2.75) is 38.1 Å². The van der Waals surface area contributed by atoms with Gasteiger partial charge in [-0.15, -0.1) is 11.3 Å². The molecule has 0 fully saturated rings. The van der Waals surface area contributed by atoms with Crippen LogP contribution in [0.2, 0.25) is 0 Å². The van der Waals surface area contributed by atoms with Gasteiger partial charge in [-0.05, 0) is 44.5 Å². The number of thiazole rings is 1. The molecule has 2 aromatic rings. The number of fused-ring (bicyclic) bond motifs is 1. The maximum atomic E-state index is 12.6. The summed E-state index contributed by atoms with van der Waals surface area (Å²) < 4.78 is 33.3. The molecule has 0 amide bonds. The molecule has 0 unspecified atom stereocenters. The van der Waals surface area contributed by atoms with Gasteiger partial charge in [0.25, 0.3) is 0 Å². The number of nitrogens with one attached hydrogen (secondary N) is 1. The molecule has 0 saturated heterocycles. The number of benzene rings is 1. The molecule has 1 aromatic heterocycles. The molecule has 1 N–H and O–H groups in total. The number of rotatable bonds is 4. The predicted molar refractivity (Wildman–Crippen MR) is 86.0 cm³/mol. The number of ether oxygens (including phenoxy) is 1. The summed E-state index contributed by atoms with van der Waals surface area (Å²) in [6.07, 6.45) is 0.751. The lowest BCUT2D eigenvalue weighted by Gasteiger charge is -2.14. The van der Waals surface area contributed by atoms with Crippen molar-refractivity contribution in [3.8, 4) is 5.75 Å². The third-order valence-corrected chi connectivity index (χ3v) is 6.43. The van der Waals surface area contributed by atoms with Gasteiger partial charge in [0, 0.05) is 11.3 Å². The van der Waals surface area contributed by atoms with Crippen LogP contribution in [0, 0.1) is 13.8 Å². The van der Waals surface area contributed by atoms with Gasteiger partial charge in [0.1, 0.15) is 5.75 Å². The Labute approximate surface area is 134 Å². The van der Waals surface area contributed by atoms with E-state index >= 15 is 0 Å². The topological polar surface area (TPSA) is 68.3 Å². The van der Waals surface area contributed by atoms with E-state index in [4.69, 9.17) is 4.74 Å². The molecule has 0 aliphatic carbocycles. The second-order valence-electron chi connectivity index (χ2n) is 5.39. The third-order valence-electron chi connectivity index (χ3n) is 3.64. The van der Waals surface area contributed by atoms with Crippen molar-refractivity contribution >= 4 is 21.4 Å². The van der Waals surface area contributed by atoms with Crippen molar-refractivity contribution in [1.82, 2.24) is 9.71 Å². The fraction of sp³-hybridized carbons (Fsp3) is 0.400. The molecule has 118 valence electrons. The van der Waals surface area contributed by atoms with Crippen molar-refractivity contribution < 1.29 is 13.2 Å². The molecule has 3 rings (SSSR count). The number of hydrogen-bond donors (Lipinski definition) is 1. The molecule has 1 aliphatic rings. The summed E-state index contributed by atoms with van der Waals surface area (Å²) >= 11 is 1.52. The Morgan fingerprint density at radius 2 is 2.14 bits per heavy atom. The number of nitrogens with zero attached hydrogens (tertiary/aromatic N) is 1. The maximum absolute atomic E-state index is 12.6. The third kappa shape index (κ3) is 2.88. The largest absolute Gasteiger partial charge is 0.493 e. The second-order valence-corrected chi connectivity index (χ2v) is 8.34. The zero-order chi connectivity index (χ0) is 15.9. The summed E-state index contributed by atoms with van der Waals surface area (Å²) in [4.78, 5) is 5.58. The van der Waals surface area contributed by atoms with Crippen molar-refractivity contribution in [2.75, 3.05) is 6.61 Å². The molecular weight excluding hydrogens is 320 g/mol. The van der Waals surface area contributed by atoms with E-state index in [0.717, 1.165) is 33.3 Å². The number of aryl methyl sites for hydroxylation is 2. The minimum atomic E-state index is -3.56. The molecule has 1 atom stereocenters. The Balaban J connectivity index is 1.86. The van der Waals surface area contributed by atoms with Crippen molar-refractivity contribution in [3.05, 3.63) is 39.3 Å². The maximum Gasteiger partial charge on any atom is 0.241 e. The van der Waals surface area contributed by atoms with Crippen LogP contribution in [-0.4, -0.2) is 20.0 Å². The van der Waals surface area contributed by atoms with Gasteiger partial charge >= 0.3 is 0 Å². The van der Waals surface area contributed by atoms with Crippen LogP contribution in [0.25, 0.3) is 0 Å². The average molecular weight is 338 g/mol. The van der Waals surface area contributed by atoms with Crippen LogP contribution in [0.1, 0.15) is 34.1 Å². The number of hydrogen-bond acceptors (Lipinski definition) is 5. The summed E-state index contributed by atoms with van der Waals surface area (Å²) in [5.41, 5.74) is 1.82. The van der Waals surface area contributed by atoms with Gasteiger partial charge in [0.2, 0.25) is 10.0 Å². The van der Waals surface area contributed by atoms with E-state index in [9.17, 15) is 8.42 Å². The van der Waals surface area contributed by atoms with Crippen LogP contribution in [0.3, 0.4) is 0 Å². The fourth-order valence-corrected chi connectivity index (χ4v) is 4.90. The molecule has 22 heavy (non-hydrogen) atoms. The van der Waals surface area contributed by atoms with Gasteiger partial charge in [-0.2, -0.15) is 0 Å². The van der Waals surface area contributed by atoms with Gasteiger partial charge in [-0.3, -0.25) is 0 Å². The van der Waals surface area contributed by atoms with E-state index in [2.05, 4.69) is 9.71 Å². The normalized spacial score (nSPS) is 15.4. The molecule has 2 heterocycles. The molecule has 0 saturated carbocycles. The van der Waals surface area contributed by atoms with E-state index in [-0.39, 0.29) is 10.9 Å². The standard InChI is InChI=1S/C15H18N2O3S2/c1-9-15(21-11(3)16-9)10(2)17-22(18,19)13-4-5-14-12(8-13)6-7-20-14/h4-5,8,10,17H,6-7H2,1-3H3/t10-/m0/s1. The summed E-state index contributed by atoms with van der Waals surface area (Å²) in [5, 5.41) is 0.938. The zero-order valence-electron chi connectivity index (χ0n) is 12.7. The number of sulfonamides is 1. The van der Waals surface area contributed by atoms with Gasteiger partial charge in [0.15, 0.2) is 0 Å². The van der Waals surface area contributed by atoms with E-state index in [1.807, 2.05) is 20.8 Å².